The average molecular weight is 394 g/mol. The summed E-state index contributed by atoms with van der Waals surface area (Å²) in [5.74, 6) is 0. The monoisotopic (exact) mass is 394 g/mol. The fourth-order valence-electron chi connectivity index (χ4n) is 4.07. The Morgan fingerprint density at radius 2 is 0.645 bits per heavy atom. The van der Waals surface area contributed by atoms with Gasteiger partial charge in [-0.15, -0.1) is 0 Å². The van der Waals surface area contributed by atoms with E-state index < -0.39 is 0 Å². The van der Waals surface area contributed by atoms with Crippen LogP contribution >= 0.6 is 0 Å². The van der Waals surface area contributed by atoms with Gasteiger partial charge in [0.1, 0.15) is 7.85 Å². The van der Waals surface area contributed by atoms with Crippen LogP contribution in [-0.4, -0.2) is 7.85 Å². The van der Waals surface area contributed by atoms with Gasteiger partial charge in [-0.1, -0.05) is 121 Å². The molecule has 0 amide bonds. The fourth-order valence-corrected chi connectivity index (χ4v) is 4.07. The van der Waals surface area contributed by atoms with Crippen LogP contribution < -0.4 is 5.46 Å². The molecule has 0 unspecified atom stereocenters. The van der Waals surface area contributed by atoms with E-state index in [9.17, 15) is 0 Å². The Morgan fingerprint density at radius 1 is 0.290 bits per heavy atom. The Morgan fingerprint density at radius 3 is 1.16 bits per heavy atom. The van der Waals surface area contributed by atoms with Gasteiger partial charge in [-0.2, -0.15) is 0 Å². The summed E-state index contributed by atoms with van der Waals surface area (Å²) in [7, 11) is 2.14. The summed E-state index contributed by atoms with van der Waals surface area (Å²) >= 11 is 0. The van der Waals surface area contributed by atoms with E-state index in [4.69, 9.17) is 0 Å². The van der Waals surface area contributed by atoms with Gasteiger partial charge in [0.2, 0.25) is 0 Å². The van der Waals surface area contributed by atoms with Gasteiger partial charge in [-0.25, -0.2) is 0 Å². The molecule has 0 heterocycles. The molecule has 31 heavy (non-hydrogen) atoms. The second kappa shape index (κ2) is 8.49. The Kier molecular flexibility index (Phi) is 5.25. The molecule has 5 aromatic rings. The van der Waals surface area contributed by atoms with Gasteiger partial charge in [0.15, 0.2) is 0 Å². The van der Waals surface area contributed by atoms with E-state index >= 15 is 0 Å². The van der Waals surface area contributed by atoms with Gasteiger partial charge in [0.05, 0.1) is 0 Å². The average Bonchev–Trinajstić information content (AvgIpc) is 2.85. The van der Waals surface area contributed by atoms with Gasteiger partial charge in [0.25, 0.3) is 0 Å². The highest BCUT2D eigenvalue weighted by atomic mass is 14.1. The van der Waals surface area contributed by atoms with Crippen molar-refractivity contribution in [3.63, 3.8) is 0 Å². The van der Waals surface area contributed by atoms with E-state index in [0.29, 0.717) is 0 Å². The van der Waals surface area contributed by atoms with Crippen LogP contribution in [0.15, 0.2) is 127 Å². The van der Waals surface area contributed by atoms with Crippen molar-refractivity contribution in [1.29, 1.82) is 0 Å². The normalized spacial score (nSPS) is 10.7. The summed E-state index contributed by atoms with van der Waals surface area (Å²) in [4.78, 5) is 0. The second-order valence-corrected chi connectivity index (χ2v) is 7.97. The molecule has 0 N–H and O–H groups in total. The van der Waals surface area contributed by atoms with E-state index in [2.05, 4.69) is 135 Å². The zero-order valence-electron chi connectivity index (χ0n) is 17.6. The quantitative estimate of drug-likeness (QED) is 0.301. The molecule has 0 nitrogen and oxygen atoms in total. The molecule has 0 atom stereocenters. The highest BCUT2D eigenvalue weighted by Gasteiger charge is 2.05. The lowest BCUT2D eigenvalue weighted by molar-refractivity contribution is 1.57. The summed E-state index contributed by atoms with van der Waals surface area (Å²) in [5.41, 5.74) is 11.2. The van der Waals surface area contributed by atoms with Crippen molar-refractivity contribution in [2.75, 3.05) is 0 Å². The molecule has 0 aliphatic rings. The minimum absolute atomic E-state index is 1.23. The first kappa shape index (κ1) is 19.1. The third-order valence-corrected chi connectivity index (χ3v) is 5.74. The largest absolute Gasteiger partial charge is 0.139 e. The Hall–Kier alpha value is -3.84. The summed E-state index contributed by atoms with van der Waals surface area (Å²) in [6.45, 7) is 0. The highest BCUT2D eigenvalue weighted by molar-refractivity contribution is 6.32. The maximum absolute atomic E-state index is 2.28. The first-order valence-corrected chi connectivity index (χ1v) is 10.7. The van der Waals surface area contributed by atoms with Crippen molar-refractivity contribution in [3.8, 4) is 44.5 Å². The van der Waals surface area contributed by atoms with Crippen LogP contribution in [0.4, 0.5) is 0 Å². The zero-order chi connectivity index (χ0) is 21.0. The number of hydrogen-bond acceptors (Lipinski definition) is 0. The minimum atomic E-state index is 1.23. The van der Waals surface area contributed by atoms with Crippen LogP contribution in [0.3, 0.4) is 0 Å². The maximum Gasteiger partial charge on any atom is 0.139 e. The first-order chi connectivity index (χ1) is 15.3. The van der Waals surface area contributed by atoms with Crippen LogP contribution in [0, 0.1) is 0 Å². The van der Waals surface area contributed by atoms with Crippen molar-refractivity contribution in [3.05, 3.63) is 127 Å². The molecule has 5 rings (SSSR count). The van der Waals surface area contributed by atoms with Crippen molar-refractivity contribution in [1.82, 2.24) is 0 Å². The highest BCUT2D eigenvalue weighted by Crippen LogP contribution is 2.30. The predicted molar refractivity (Wildman–Crippen MR) is 136 cm³/mol. The zero-order valence-corrected chi connectivity index (χ0v) is 17.6. The molecule has 0 spiro atoms. The maximum atomic E-state index is 2.28. The van der Waals surface area contributed by atoms with Crippen LogP contribution in [0.25, 0.3) is 44.5 Å². The molecule has 0 saturated heterocycles. The molecule has 0 aliphatic heterocycles. The molecular formula is C30H23B. The third kappa shape index (κ3) is 4.22. The first-order valence-electron chi connectivity index (χ1n) is 10.7. The molecular weight excluding hydrogens is 371 g/mol. The molecule has 146 valence electrons. The van der Waals surface area contributed by atoms with E-state index in [1.54, 1.807) is 0 Å². The van der Waals surface area contributed by atoms with Crippen LogP contribution in [0.2, 0.25) is 0 Å². The standard InChI is InChI=1S/C30H23B/c31-30-14-6-13-29(21-30)28-12-5-11-27(20-28)26-10-4-9-25(19-26)24-17-15-23(16-18-24)22-7-2-1-3-8-22/h1-21H,31H2. The SMILES string of the molecule is Bc1cccc(-c2cccc(-c3cccc(-c4ccc(-c5ccccc5)cc4)c3)c2)c1. The van der Waals surface area contributed by atoms with Crippen molar-refractivity contribution in [2.24, 2.45) is 0 Å². The van der Waals surface area contributed by atoms with Gasteiger partial charge in [0, 0.05) is 0 Å². The van der Waals surface area contributed by atoms with E-state index in [-0.39, 0.29) is 0 Å². The van der Waals surface area contributed by atoms with Crippen LogP contribution in [-0.2, 0) is 0 Å². The Balaban J connectivity index is 1.46. The van der Waals surface area contributed by atoms with Crippen LogP contribution in [0.5, 0.6) is 0 Å². The summed E-state index contributed by atoms with van der Waals surface area (Å²) in [6.07, 6.45) is 0. The topological polar surface area (TPSA) is 0 Å². The lowest BCUT2D eigenvalue weighted by atomic mass is 9.91. The van der Waals surface area contributed by atoms with Gasteiger partial charge in [-0.3, -0.25) is 0 Å². The molecule has 0 saturated carbocycles. The lowest BCUT2D eigenvalue weighted by Gasteiger charge is -2.10. The number of hydrogen-bond donors (Lipinski definition) is 0. The molecule has 0 fully saturated rings. The minimum Gasteiger partial charge on any atom is -0.0884 e. The number of rotatable bonds is 4. The summed E-state index contributed by atoms with van der Waals surface area (Å²) in [5, 5.41) is 0. The molecule has 5 aromatic carbocycles. The van der Waals surface area contributed by atoms with Crippen molar-refractivity contribution >= 4 is 13.3 Å². The second-order valence-electron chi connectivity index (χ2n) is 7.97. The summed E-state index contributed by atoms with van der Waals surface area (Å²) in [6, 6.07) is 45.6. The molecule has 0 aromatic heterocycles. The fraction of sp³-hybridized carbons (Fsp3) is 0. The van der Waals surface area contributed by atoms with Gasteiger partial charge < -0.3 is 0 Å². The van der Waals surface area contributed by atoms with Gasteiger partial charge >= 0.3 is 0 Å². The van der Waals surface area contributed by atoms with E-state index in [0.717, 1.165) is 0 Å². The smallest absolute Gasteiger partial charge is 0.0884 e. The van der Waals surface area contributed by atoms with Crippen LogP contribution in [0.1, 0.15) is 0 Å². The molecule has 1 heteroatoms. The van der Waals surface area contributed by atoms with Crippen molar-refractivity contribution in [2.45, 2.75) is 0 Å². The Bertz CT molecular complexity index is 1320. The molecule has 0 radical (unpaired) electrons. The van der Waals surface area contributed by atoms with Crippen molar-refractivity contribution < 1.29 is 0 Å². The molecule has 0 aliphatic carbocycles. The van der Waals surface area contributed by atoms with E-state index in [1.807, 2.05) is 0 Å². The summed E-state index contributed by atoms with van der Waals surface area (Å²) < 4.78 is 0. The number of benzene rings is 5. The lowest BCUT2D eigenvalue weighted by Crippen LogP contribution is -2.00. The Labute approximate surface area is 185 Å². The van der Waals surface area contributed by atoms with E-state index in [1.165, 1.54) is 50.0 Å². The predicted octanol–water partition coefficient (Wildman–Crippen LogP) is 6.61. The van der Waals surface area contributed by atoms with Gasteiger partial charge in [-0.05, 0) is 56.6 Å². The third-order valence-electron chi connectivity index (χ3n) is 5.74. The molecule has 0 bridgehead atoms.